The zero-order valence-corrected chi connectivity index (χ0v) is 12.8. The molecule has 0 unspecified atom stereocenters. The van der Waals surface area contributed by atoms with Crippen LogP contribution in [0.5, 0.6) is 0 Å². The Morgan fingerprint density at radius 1 is 0.895 bits per heavy atom. The molecule has 0 spiro atoms. The summed E-state index contributed by atoms with van der Waals surface area (Å²) in [6.07, 6.45) is 13.2. The summed E-state index contributed by atoms with van der Waals surface area (Å²) < 4.78 is 0. The first-order valence-corrected chi connectivity index (χ1v) is 8.58. The van der Waals surface area contributed by atoms with Gasteiger partial charge in [-0.2, -0.15) is 0 Å². The topological polar surface area (TPSA) is 29.1 Å². The molecule has 0 aromatic rings. The molecule has 2 nitrogen and oxygen atoms in total. The van der Waals surface area contributed by atoms with Gasteiger partial charge in [-0.05, 0) is 50.4 Å². The third-order valence-corrected chi connectivity index (χ3v) is 5.25. The van der Waals surface area contributed by atoms with Crippen LogP contribution in [0.1, 0.15) is 70.6 Å². The lowest BCUT2D eigenvalue weighted by Gasteiger charge is -2.25. The molecule has 0 radical (unpaired) electrons. The monoisotopic (exact) mass is 285 g/mol. The van der Waals surface area contributed by atoms with Crippen molar-refractivity contribution in [2.24, 2.45) is 11.8 Å². The van der Waals surface area contributed by atoms with Crippen molar-refractivity contribution in [3.63, 3.8) is 0 Å². The van der Waals surface area contributed by atoms with E-state index in [1.807, 2.05) is 0 Å². The van der Waals surface area contributed by atoms with Crippen molar-refractivity contribution >= 4 is 17.5 Å². The number of carbonyl (C=O) groups excluding carboxylic acids is 1. The van der Waals surface area contributed by atoms with Gasteiger partial charge < -0.3 is 5.32 Å². The lowest BCUT2D eigenvalue weighted by molar-refractivity contribution is -0.122. The molecule has 0 saturated heterocycles. The predicted molar refractivity (Wildman–Crippen MR) is 80.4 cm³/mol. The van der Waals surface area contributed by atoms with Gasteiger partial charge in [-0.1, -0.05) is 25.7 Å². The average Bonchev–Trinajstić information content (AvgIpc) is 2.67. The van der Waals surface area contributed by atoms with Crippen LogP contribution in [0.15, 0.2) is 0 Å². The van der Waals surface area contributed by atoms with E-state index in [1.165, 1.54) is 51.4 Å². The SMILES string of the molecule is O=C(CC1CCCCCC1)NCC1CCC(Cl)CC1. The molecule has 110 valence electrons. The van der Waals surface area contributed by atoms with Gasteiger partial charge in [0.15, 0.2) is 0 Å². The van der Waals surface area contributed by atoms with E-state index in [2.05, 4.69) is 5.32 Å². The molecule has 3 heteroatoms. The van der Waals surface area contributed by atoms with E-state index >= 15 is 0 Å². The van der Waals surface area contributed by atoms with Crippen molar-refractivity contribution in [3.05, 3.63) is 0 Å². The summed E-state index contributed by atoms with van der Waals surface area (Å²) in [6.45, 7) is 0.870. The summed E-state index contributed by atoms with van der Waals surface area (Å²) in [5, 5.41) is 3.53. The fourth-order valence-electron chi connectivity index (χ4n) is 3.49. The number of rotatable bonds is 4. The molecule has 2 fully saturated rings. The molecule has 1 N–H and O–H groups in total. The Balaban J connectivity index is 1.61. The number of nitrogens with one attached hydrogen (secondary N) is 1. The van der Waals surface area contributed by atoms with E-state index in [-0.39, 0.29) is 5.91 Å². The lowest BCUT2D eigenvalue weighted by atomic mass is 9.89. The van der Waals surface area contributed by atoms with Crippen LogP contribution in [0.2, 0.25) is 0 Å². The van der Waals surface area contributed by atoms with Crippen molar-refractivity contribution < 1.29 is 4.79 Å². The van der Waals surface area contributed by atoms with Crippen LogP contribution in [-0.4, -0.2) is 17.8 Å². The predicted octanol–water partition coefficient (Wildman–Crippen LogP) is 4.26. The summed E-state index contributed by atoms with van der Waals surface area (Å²) in [5.41, 5.74) is 0. The third-order valence-electron chi connectivity index (χ3n) is 4.81. The summed E-state index contributed by atoms with van der Waals surface area (Å²) in [6, 6.07) is 0. The van der Waals surface area contributed by atoms with E-state index in [9.17, 15) is 4.79 Å². The second-order valence-electron chi connectivity index (χ2n) is 6.48. The molecule has 0 heterocycles. The molecule has 0 aliphatic heterocycles. The van der Waals surface area contributed by atoms with Gasteiger partial charge in [0.25, 0.3) is 0 Å². The van der Waals surface area contributed by atoms with E-state index < -0.39 is 0 Å². The van der Waals surface area contributed by atoms with Crippen molar-refractivity contribution in [1.82, 2.24) is 5.32 Å². The van der Waals surface area contributed by atoms with Crippen molar-refractivity contribution in [1.29, 1.82) is 0 Å². The molecule has 0 aromatic carbocycles. The molecule has 2 aliphatic carbocycles. The minimum absolute atomic E-state index is 0.278. The maximum Gasteiger partial charge on any atom is 0.220 e. The van der Waals surface area contributed by atoms with Gasteiger partial charge in [-0.25, -0.2) is 0 Å². The summed E-state index contributed by atoms with van der Waals surface area (Å²) in [4.78, 5) is 12.0. The maximum absolute atomic E-state index is 12.0. The van der Waals surface area contributed by atoms with Gasteiger partial charge in [0.2, 0.25) is 5.91 Å². The Morgan fingerprint density at radius 2 is 1.53 bits per heavy atom. The number of alkyl halides is 1. The van der Waals surface area contributed by atoms with E-state index in [4.69, 9.17) is 11.6 Å². The zero-order valence-electron chi connectivity index (χ0n) is 12.0. The number of hydrogen-bond acceptors (Lipinski definition) is 1. The minimum atomic E-state index is 0.278. The van der Waals surface area contributed by atoms with Crippen molar-refractivity contribution in [2.45, 2.75) is 76.0 Å². The highest BCUT2D eigenvalue weighted by Crippen LogP contribution is 2.27. The van der Waals surface area contributed by atoms with E-state index in [0.29, 0.717) is 17.2 Å². The number of hydrogen-bond donors (Lipinski definition) is 1. The second-order valence-corrected chi connectivity index (χ2v) is 7.10. The maximum atomic E-state index is 12.0. The number of amides is 1. The Labute approximate surface area is 122 Å². The number of carbonyl (C=O) groups is 1. The van der Waals surface area contributed by atoms with E-state index in [1.54, 1.807) is 0 Å². The molecule has 0 bridgehead atoms. The quantitative estimate of drug-likeness (QED) is 0.607. The van der Waals surface area contributed by atoms with Crippen LogP contribution in [0, 0.1) is 11.8 Å². The van der Waals surface area contributed by atoms with Crippen LogP contribution in [0.3, 0.4) is 0 Å². The highest BCUT2D eigenvalue weighted by Gasteiger charge is 2.21. The first kappa shape index (κ1) is 15.2. The fraction of sp³-hybridized carbons (Fsp3) is 0.938. The van der Waals surface area contributed by atoms with Gasteiger partial charge in [0, 0.05) is 18.3 Å². The Morgan fingerprint density at radius 3 is 2.16 bits per heavy atom. The molecular formula is C16H28ClNO. The second kappa shape index (κ2) is 8.14. The van der Waals surface area contributed by atoms with Crippen molar-refractivity contribution in [3.8, 4) is 0 Å². The number of halogens is 1. The van der Waals surface area contributed by atoms with Gasteiger partial charge in [0.05, 0.1) is 0 Å². The Kier molecular flexibility index (Phi) is 6.49. The summed E-state index contributed by atoms with van der Waals surface area (Å²) >= 11 is 6.10. The largest absolute Gasteiger partial charge is 0.356 e. The highest BCUT2D eigenvalue weighted by atomic mass is 35.5. The van der Waals surface area contributed by atoms with Gasteiger partial charge in [0.1, 0.15) is 0 Å². The van der Waals surface area contributed by atoms with Gasteiger partial charge >= 0.3 is 0 Å². The zero-order chi connectivity index (χ0) is 13.5. The van der Waals surface area contributed by atoms with Crippen LogP contribution >= 0.6 is 11.6 Å². The van der Waals surface area contributed by atoms with Crippen LogP contribution in [-0.2, 0) is 4.79 Å². The Hall–Kier alpha value is -0.240. The van der Waals surface area contributed by atoms with Gasteiger partial charge in [-0.3, -0.25) is 4.79 Å². The van der Waals surface area contributed by atoms with Gasteiger partial charge in [-0.15, -0.1) is 11.6 Å². The third kappa shape index (κ3) is 5.72. The molecule has 2 saturated carbocycles. The molecule has 0 aromatic heterocycles. The molecule has 19 heavy (non-hydrogen) atoms. The van der Waals surface area contributed by atoms with Crippen LogP contribution in [0.4, 0.5) is 0 Å². The molecule has 2 rings (SSSR count). The summed E-state index contributed by atoms with van der Waals surface area (Å²) in [7, 11) is 0. The standard InChI is InChI=1S/C16H28ClNO/c17-15-9-7-14(8-10-15)12-18-16(19)11-13-5-3-1-2-4-6-13/h13-15H,1-12H2,(H,18,19). The van der Waals surface area contributed by atoms with Crippen molar-refractivity contribution in [2.75, 3.05) is 6.54 Å². The summed E-state index contributed by atoms with van der Waals surface area (Å²) in [5.74, 6) is 1.58. The van der Waals surface area contributed by atoms with E-state index in [0.717, 1.165) is 25.8 Å². The highest BCUT2D eigenvalue weighted by molar-refractivity contribution is 6.20. The minimum Gasteiger partial charge on any atom is -0.356 e. The molecule has 2 aliphatic rings. The van der Waals surface area contributed by atoms with Crippen LogP contribution < -0.4 is 5.32 Å². The molecular weight excluding hydrogens is 258 g/mol. The van der Waals surface area contributed by atoms with Crippen LogP contribution in [0.25, 0.3) is 0 Å². The Bertz CT molecular complexity index is 266. The molecule has 0 atom stereocenters. The first-order chi connectivity index (χ1) is 9.24. The fourth-order valence-corrected chi connectivity index (χ4v) is 3.74. The average molecular weight is 286 g/mol. The lowest BCUT2D eigenvalue weighted by Crippen LogP contribution is -2.32. The smallest absolute Gasteiger partial charge is 0.220 e. The molecule has 1 amide bonds. The normalized spacial score (nSPS) is 29.7. The first-order valence-electron chi connectivity index (χ1n) is 8.15.